The van der Waals surface area contributed by atoms with E-state index in [1.807, 2.05) is 69.3 Å². The predicted octanol–water partition coefficient (Wildman–Crippen LogP) is 3.57. The summed E-state index contributed by atoms with van der Waals surface area (Å²) in [5.41, 5.74) is 5.01. The summed E-state index contributed by atoms with van der Waals surface area (Å²) < 4.78 is 0. The Kier molecular flexibility index (Phi) is 13.0. The number of amides is 3. The molecule has 3 amide bonds. The molecule has 13 nitrogen and oxygen atoms in total. The molecule has 2 aromatic carbocycles. The van der Waals surface area contributed by atoms with E-state index >= 15 is 0 Å². The molecule has 3 rings (SSSR count). The first kappa shape index (κ1) is 33.8. The predicted molar refractivity (Wildman–Crippen MR) is 162 cm³/mol. The second kappa shape index (κ2) is 16.8. The summed E-state index contributed by atoms with van der Waals surface area (Å²) in [6.45, 7) is 6.34. The fourth-order valence-corrected chi connectivity index (χ4v) is 4.94. The number of carbonyl (C=O) groups is 4. The van der Waals surface area contributed by atoms with E-state index < -0.39 is 35.7 Å². The summed E-state index contributed by atoms with van der Waals surface area (Å²) in [6, 6.07) is 14.2. The smallest absolute Gasteiger partial charge is 0.303 e. The minimum atomic E-state index is -1.24. The zero-order chi connectivity index (χ0) is 32.1. The van der Waals surface area contributed by atoms with Crippen molar-refractivity contribution in [2.75, 3.05) is 6.54 Å². The van der Waals surface area contributed by atoms with Crippen LogP contribution in [0.25, 0.3) is 22.5 Å². The molecule has 0 spiro atoms. The van der Waals surface area contributed by atoms with Gasteiger partial charge in [-0.05, 0) is 47.1 Å². The highest BCUT2D eigenvalue weighted by atomic mass is 16.5. The molecular formula is C31H41N7O6. The molecule has 0 radical (unpaired) electrons. The zero-order valence-electron chi connectivity index (χ0n) is 25.3. The van der Waals surface area contributed by atoms with Gasteiger partial charge in [0.15, 0.2) is 0 Å². The lowest BCUT2D eigenvalue weighted by atomic mass is 9.95. The molecule has 2 atom stereocenters. The number of carboxylic acid groups (broad SMARTS) is 1. The van der Waals surface area contributed by atoms with Crippen LogP contribution in [0.4, 0.5) is 0 Å². The van der Waals surface area contributed by atoms with Gasteiger partial charge in [0.05, 0.1) is 0 Å². The second-order valence-corrected chi connectivity index (χ2v) is 11.1. The van der Waals surface area contributed by atoms with Crippen LogP contribution in [0.1, 0.15) is 64.9 Å². The van der Waals surface area contributed by atoms with Crippen LogP contribution < -0.4 is 10.8 Å². The Morgan fingerprint density at radius 1 is 0.977 bits per heavy atom. The lowest BCUT2D eigenvalue weighted by molar-refractivity contribution is -0.145. The van der Waals surface area contributed by atoms with Crippen molar-refractivity contribution in [2.45, 2.75) is 71.9 Å². The summed E-state index contributed by atoms with van der Waals surface area (Å²) in [5.74, 6) is -4.00. The second-order valence-electron chi connectivity index (χ2n) is 11.1. The molecule has 0 fully saturated rings. The number of aliphatic carboxylic acids is 1. The molecule has 1 unspecified atom stereocenters. The van der Waals surface area contributed by atoms with E-state index in [4.69, 9.17) is 0 Å². The van der Waals surface area contributed by atoms with Crippen LogP contribution in [0, 0.1) is 11.8 Å². The third-order valence-corrected chi connectivity index (χ3v) is 7.21. The van der Waals surface area contributed by atoms with E-state index in [1.165, 1.54) is 5.48 Å². The van der Waals surface area contributed by atoms with Gasteiger partial charge in [-0.15, -0.1) is 10.2 Å². The molecule has 0 aliphatic rings. The third-order valence-electron chi connectivity index (χ3n) is 7.21. The number of nitrogens with zero attached hydrogens (tertiary/aromatic N) is 4. The van der Waals surface area contributed by atoms with Crippen LogP contribution in [0.3, 0.4) is 0 Å². The van der Waals surface area contributed by atoms with E-state index in [0.717, 1.165) is 41.5 Å². The highest BCUT2D eigenvalue weighted by Gasteiger charge is 2.33. The summed E-state index contributed by atoms with van der Waals surface area (Å²) in [6.07, 6.45) is 2.18. The molecule has 0 saturated carbocycles. The Bertz CT molecular complexity index is 1380. The Balaban J connectivity index is 1.85. The highest BCUT2D eigenvalue weighted by Crippen LogP contribution is 2.30. The van der Waals surface area contributed by atoms with Gasteiger partial charge in [0, 0.05) is 25.1 Å². The molecule has 3 aromatic rings. The van der Waals surface area contributed by atoms with Gasteiger partial charge in [-0.3, -0.25) is 24.4 Å². The Morgan fingerprint density at radius 3 is 2.27 bits per heavy atom. The first-order chi connectivity index (χ1) is 21.1. The molecule has 44 heavy (non-hydrogen) atoms. The van der Waals surface area contributed by atoms with Gasteiger partial charge in [-0.2, -0.15) is 5.21 Å². The summed E-state index contributed by atoms with van der Waals surface area (Å²) in [4.78, 5) is 52.3. The number of hydroxylamine groups is 1. The number of aromatic nitrogens is 4. The lowest BCUT2D eigenvalue weighted by Crippen LogP contribution is -2.52. The number of tetrazole rings is 1. The number of unbranched alkanes of at least 4 members (excludes halogenated alkanes) is 2. The van der Waals surface area contributed by atoms with Crippen molar-refractivity contribution < 1.29 is 29.5 Å². The van der Waals surface area contributed by atoms with Crippen LogP contribution in [0.15, 0.2) is 48.5 Å². The summed E-state index contributed by atoms with van der Waals surface area (Å²) in [7, 11) is 0. The van der Waals surface area contributed by atoms with Gasteiger partial charge in [-0.1, -0.05) is 82.1 Å². The van der Waals surface area contributed by atoms with Crippen molar-refractivity contribution in [1.82, 2.24) is 36.3 Å². The van der Waals surface area contributed by atoms with Crippen LogP contribution in [0.2, 0.25) is 0 Å². The maximum atomic E-state index is 13.9. The summed E-state index contributed by atoms with van der Waals surface area (Å²) in [5, 5.41) is 35.4. The first-order valence-electron chi connectivity index (χ1n) is 14.8. The minimum Gasteiger partial charge on any atom is -0.481 e. The first-order valence-corrected chi connectivity index (χ1v) is 14.8. The van der Waals surface area contributed by atoms with Crippen LogP contribution >= 0.6 is 0 Å². The quantitative estimate of drug-likeness (QED) is 0.0661. The summed E-state index contributed by atoms with van der Waals surface area (Å²) >= 11 is 0. The van der Waals surface area contributed by atoms with Gasteiger partial charge in [0.1, 0.15) is 12.0 Å². The van der Waals surface area contributed by atoms with Gasteiger partial charge in [0.2, 0.25) is 17.6 Å². The number of benzene rings is 2. The van der Waals surface area contributed by atoms with E-state index in [0.29, 0.717) is 12.4 Å². The molecule has 5 N–H and O–H groups in total. The molecule has 1 aromatic heterocycles. The molecule has 1 heterocycles. The number of H-pyrrole nitrogens is 1. The van der Waals surface area contributed by atoms with E-state index in [-0.39, 0.29) is 31.7 Å². The fourth-order valence-electron chi connectivity index (χ4n) is 4.94. The van der Waals surface area contributed by atoms with Crippen LogP contribution in [-0.2, 0) is 25.7 Å². The highest BCUT2D eigenvalue weighted by molar-refractivity contribution is 6.01. The minimum absolute atomic E-state index is 0.0519. The Labute approximate surface area is 256 Å². The van der Waals surface area contributed by atoms with Gasteiger partial charge < -0.3 is 15.3 Å². The number of rotatable bonds is 17. The van der Waals surface area contributed by atoms with Crippen LogP contribution in [-0.4, -0.2) is 72.1 Å². The molecule has 0 aliphatic carbocycles. The Morgan fingerprint density at radius 2 is 1.68 bits per heavy atom. The van der Waals surface area contributed by atoms with Crippen molar-refractivity contribution in [3.8, 4) is 22.5 Å². The molecule has 0 bridgehead atoms. The van der Waals surface area contributed by atoms with E-state index in [1.54, 1.807) is 4.90 Å². The van der Waals surface area contributed by atoms with E-state index in [9.17, 15) is 29.5 Å². The molecule has 0 aliphatic heterocycles. The average Bonchev–Trinajstić information content (AvgIpc) is 3.56. The number of hydrogen-bond acceptors (Lipinski definition) is 8. The molecule has 13 heteroatoms. The number of carboxylic acids is 1. The number of hydrogen-bond donors (Lipinski definition) is 5. The largest absolute Gasteiger partial charge is 0.481 e. The third kappa shape index (κ3) is 9.69. The monoisotopic (exact) mass is 607 g/mol. The lowest BCUT2D eigenvalue weighted by Gasteiger charge is -2.29. The van der Waals surface area contributed by atoms with Crippen molar-refractivity contribution >= 4 is 23.7 Å². The molecular weight excluding hydrogens is 566 g/mol. The van der Waals surface area contributed by atoms with Crippen molar-refractivity contribution in [3.63, 3.8) is 0 Å². The molecule has 0 saturated heterocycles. The van der Waals surface area contributed by atoms with Crippen molar-refractivity contribution in [3.05, 3.63) is 54.1 Å². The SMILES string of the molecule is CCCCCN(Cc1ccc(-c2ccccc2-c2nn[nH]n2)cc1)C(=O)[C@H](CCC(=O)O)NC(=O)C(CC(C)C)C(=O)NO. The average molecular weight is 608 g/mol. The standard InChI is InChI=1S/C31H41N7O6/c1-4-5-8-17-38(31(43)26(15-16-27(39)40)32-29(41)25(18-20(2)3)30(42)35-44)19-21-11-13-22(14-12-21)23-9-6-7-10-24(23)28-33-36-37-34-28/h6-7,9-14,20,25-26,44H,4-5,8,15-19H2,1-3H3,(H,32,41)(H,35,42)(H,39,40)(H,33,34,36,37)/t25?,26-/m0/s1. The van der Waals surface area contributed by atoms with Crippen LogP contribution in [0.5, 0.6) is 0 Å². The fraction of sp³-hybridized carbons (Fsp3) is 0.452. The topological polar surface area (TPSA) is 190 Å². The normalized spacial score (nSPS) is 12.4. The number of carbonyl (C=O) groups excluding carboxylic acids is 3. The zero-order valence-corrected chi connectivity index (χ0v) is 25.3. The van der Waals surface area contributed by atoms with Crippen molar-refractivity contribution in [1.29, 1.82) is 0 Å². The maximum absolute atomic E-state index is 13.9. The Hall–Kier alpha value is -4.65. The molecule has 236 valence electrons. The number of aromatic amines is 1. The van der Waals surface area contributed by atoms with Gasteiger partial charge >= 0.3 is 5.97 Å². The van der Waals surface area contributed by atoms with Gasteiger partial charge in [0.25, 0.3) is 5.91 Å². The van der Waals surface area contributed by atoms with Gasteiger partial charge in [-0.25, -0.2) is 5.48 Å². The van der Waals surface area contributed by atoms with E-state index in [2.05, 4.69) is 25.9 Å². The number of nitrogens with one attached hydrogen (secondary N) is 3. The maximum Gasteiger partial charge on any atom is 0.303 e. The van der Waals surface area contributed by atoms with Crippen molar-refractivity contribution in [2.24, 2.45) is 11.8 Å².